The van der Waals surface area contributed by atoms with Crippen molar-refractivity contribution in [2.75, 3.05) is 26.9 Å². The Labute approximate surface area is 117 Å². The van der Waals surface area contributed by atoms with E-state index in [1.54, 1.807) is 6.92 Å². The van der Waals surface area contributed by atoms with E-state index in [4.69, 9.17) is 14.6 Å². The second-order valence-electron chi connectivity index (χ2n) is 4.28. The maximum absolute atomic E-state index is 11.2. The van der Waals surface area contributed by atoms with Gasteiger partial charge in [-0.15, -0.1) is 0 Å². The molecule has 2 unspecified atom stereocenters. The van der Waals surface area contributed by atoms with E-state index in [1.807, 2.05) is 6.92 Å². The van der Waals surface area contributed by atoms with Gasteiger partial charge in [-0.1, -0.05) is 13.3 Å². The molecule has 1 aliphatic rings. The highest BCUT2D eigenvalue weighted by Gasteiger charge is 2.16. The largest absolute Gasteiger partial charge is 0.463 e. The second kappa shape index (κ2) is 15.4. The molecule has 3 N–H and O–H groups in total. The predicted octanol–water partition coefficient (Wildman–Crippen LogP) is 1.72. The molecule has 0 saturated carbocycles. The van der Waals surface area contributed by atoms with Crippen LogP contribution in [0.3, 0.4) is 0 Å². The molecule has 2 atom stereocenters. The molecule has 5 heteroatoms. The van der Waals surface area contributed by atoms with E-state index in [9.17, 15) is 4.79 Å². The van der Waals surface area contributed by atoms with Crippen LogP contribution in [0.4, 0.5) is 0 Å². The average Bonchev–Trinajstić information content (AvgIpc) is 2.40. The SMILES string of the molecule is CCC1CCOCCC(=O)OC(C)C1.CCO.CN. The van der Waals surface area contributed by atoms with Gasteiger partial charge in [0.15, 0.2) is 0 Å². The first kappa shape index (κ1) is 20.7. The minimum atomic E-state index is -0.130. The van der Waals surface area contributed by atoms with Crippen molar-refractivity contribution < 1.29 is 19.4 Å². The number of hydrogen-bond donors (Lipinski definition) is 2. The molecule has 0 aliphatic carbocycles. The standard InChI is InChI=1S/C11H20O3.C2H6O.CH5N/c1-3-10-4-6-13-7-5-11(12)14-9(2)8-10;1-2-3;1-2/h9-10H,3-8H2,1-2H3;3H,2H2,1H3;2H2,1H3. The van der Waals surface area contributed by atoms with E-state index in [0.717, 1.165) is 25.9 Å². The molecule has 0 aromatic carbocycles. The summed E-state index contributed by atoms with van der Waals surface area (Å²) in [5, 5.41) is 7.57. The Morgan fingerprint density at radius 1 is 1.32 bits per heavy atom. The Morgan fingerprint density at radius 3 is 2.42 bits per heavy atom. The van der Waals surface area contributed by atoms with E-state index in [0.29, 0.717) is 18.9 Å². The fraction of sp³-hybridized carbons (Fsp3) is 0.929. The van der Waals surface area contributed by atoms with Crippen molar-refractivity contribution in [3.8, 4) is 0 Å². The minimum absolute atomic E-state index is 0.0607. The third kappa shape index (κ3) is 13.6. The number of carbonyl (C=O) groups is 1. The lowest BCUT2D eigenvalue weighted by Gasteiger charge is -2.21. The molecule has 1 rings (SSSR count). The number of aliphatic hydroxyl groups is 1. The zero-order chi connectivity index (χ0) is 15.1. The summed E-state index contributed by atoms with van der Waals surface area (Å²) in [6.07, 6.45) is 3.63. The van der Waals surface area contributed by atoms with Gasteiger partial charge in [0.2, 0.25) is 0 Å². The van der Waals surface area contributed by atoms with Gasteiger partial charge >= 0.3 is 5.97 Å². The van der Waals surface area contributed by atoms with Gasteiger partial charge in [-0.05, 0) is 39.7 Å². The number of esters is 1. The number of nitrogens with two attached hydrogens (primary N) is 1. The molecule has 0 spiro atoms. The highest BCUT2D eigenvalue weighted by molar-refractivity contribution is 5.69. The normalized spacial score (nSPS) is 24.0. The molecule has 1 aliphatic heterocycles. The molecular formula is C14H31NO4. The summed E-state index contributed by atoms with van der Waals surface area (Å²) in [5.41, 5.74) is 4.50. The Balaban J connectivity index is 0. The molecular weight excluding hydrogens is 246 g/mol. The number of ether oxygens (including phenoxy) is 2. The van der Waals surface area contributed by atoms with Gasteiger partial charge in [0, 0.05) is 13.2 Å². The highest BCUT2D eigenvalue weighted by atomic mass is 16.5. The quantitative estimate of drug-likeness (QED) is 0.713. The summed E-state index contributed by atoms with van der Waals surface area (Å²) < 4.78 is 10.6. The third-order valence-corrected chi connectivity index (χ3v) is 2.70. The summed E-state index contributed by atoms with van der Waals surface area (Å²) in [4.78, 5) is 11.2. The molecule has 1 fully saturated rings. The van der Waals surface area contributed by atoms with Crippen LogP contribution < -0.4 is 5.73 Å². The zero-order valence-electron chi connectivity index (χ0n) is 12.9. The van der Waals surface area contributed by atoms with E-state index >= 15 is 0 Å². The van der Waals surface area contributed by atoms with E-state index in [-0.39, 0.29) is 18.7 Å². The first-order valence-electron chi connectivity index (χ1n) is 7.09. The summed E-state index contributed by atoms with van der Waals surface area (Å²) in [7, 11) is 1.50. The molecule has 19 heavy (non-hydrogen) atoms. The topological polar surface area (TPSA) is 81.8 Å². The highest BCUT2D eigenvalue weighted by Crippen LogP contribution is 2.18. The fourth-order valence-corrected chi connectivity index (χ4v) is 1.80. The number of aliphatic hydroxyl groups excluding tert-OH is 1. The van der Waals surface area contributed by atoms with Gasteiger partial charge in [0.05, 0.1) is 19.1 Å². The lowest BCUT2D eigenvalue weighted by molar-refractivity contribution is -0.151. The Kier molecular flexibility index (Phi) is 16.8. The predicted molar refractivity (Wildman–Crippen MR) is 76.9 cm³/mol. The number of carbonyl (C=O) groups excluding carboxylic acids is 1. The molecule has 116 valence electrons. The summed E-state index contributed by atoms with van der Waals surface area (Å²) in [5.74, 6) is 0.491. The van der Waals surface area contributed by atoms with Gasteiger partial charge < -0.3 is 20.3 Å². The van der Waals surface area contributed by atoms with Crippen LogP contribution in [-0.4, -0.2) is 44.0 Å². The number of hydrogen-bond acceptors (Lipinski definition) is 5. The monoisotopic (exact) mass is 277 g/mol. The van der Waals surface area contributed by atoms with Crippen LogP contribution in [-0.2, 0) is 14.3 Å². The van der Waals surface area contributed by atoms with Crippen molar-refractivity contribution in [3.05, 3.63) is 0 Å². The average molecular weight is 277 g/mol. The molecule has 0 amide bonds. The van der Waals surface area contributed by atoms with Gasteiger partial charge in [-0.2, -0.15) is 0 Å². The Bertz CT molecular complexity index is 200. The number of rotatable bonds is 1. The lowest BCUT2D eigenvalue weighted by atomic mass is 9.96. The summed E-state index contributed by atoms with van der Waals surface area (Å²) >= 11 is 0. The number of cyclic esters (lactones) is 1. The van der Waals surface area contributed by atoms with Crippen LogP contribution in [0.2, 0.25) is 0 Å². The lowest BCUT2D eigenvalue weighted by Crippen LogP contribution is -2.22. The molecule has 0 radical (unpaired) electrons. The van der Waals surface area contributed by atoms with E-state index < -0.39 is 0 Å². The van der Waals surface area contributed by atoms with Crippen LogP contribution >= 0.6 is 0 Å². The Morgan fingerprint density at radius 2 is 1.89 bits per heavy atom. The minimum Gasteiger partial charge on any atom is -0.463 e. The Hall–Kier alpha value is -0.650. The molecule has 0 bridgehead atoms. The van der Waals surface area contributed by atoms with Crippen molar-refractivity contribution in [2.45, 2.75) is 52.6 Å². The fourth-order valence-electron chi connectivity index (χ4n) is 1.80. The van der Waals surface area contributed by atoms with Crippen molar-refractivity contribution in [3.63, 3.8) is 0 Å². The van der Waals surface area contributed by atoms with Gasteiger partial charge in [-0.3, -0.25) is 4.79 Å². The summed E-state index contributed by atoms with van der Waals surface area (Å²) in [6.45, 7) is 7.36. The molecule has 1 heterocycles. The van der Waals surface area contributed by atoms with Gasteiger partial charge in [0.1, 0.15) is 0 Å². The van der Waals surface area contributed by atoms with Crippen molar-refractivity contribution in [1.29, 1.82) is 0 Å². The molecule has 0 aromatic rings. The van der Waals surface area contributed by atoms with Crippen molar-refractivity contribution in [1.82, 2.24) is 0 Å². The van der Waals surface area contributed by atoms with Crippen LogP contribution in [0.25, 0.3) is 0 Å². The van der Waals surface area contributed by atoms with Crippen LogP contribution in [0.15, 0.2) is 0 Å². The first-order valence-corrected chi connectivity index (χ1v) is 7.09. The maximum Gasteiger partial charge on any atom is 0.308 e. The smallest absolute Gasteiger partial charge is 0.308 e. The van der Waals surface area contributed by atoms with Gasteiger partial charge in [-0.25, -0.2) is 0 Å². The maximum atomic E-state index is 11.2. The van der Waals surface area contributed by atoms with Crippen molar-refractivity contribution >= 4 is 5.97 Å². The molecule has 1 saturated heterocycles. The molecule has 0 aromatic heterocycles. The van der Waals surface area contributed by atoms with Crippen molar-refractivity contribution in [2.24, 2.45) is 11.7 Å². The second-order valence-corrected chi connectivity index (χ2v) is 4.28. The van der Waals surface area contributed by atoms with E-state index in [1.165, 1.54) is 7.05 Å². The van der Waals surface area contributed by atoms with Crippen LogP contribution in [0.1, 0.15) is 46.5 Å². The van der Waals surface area contributed by atoms with Crippen LogP contribution in [0, 0.1) is 5.92 Å². The first-order chi connectivity index (χ1) is 9.13. The molecule has 5 nitrogen and oxygen atoms in total. The van der Waals surface area contributed by atoms with E-state index in [2.05, 4.69) is 12.7 Å². The summed E-state index contributed by atoms with van der Waals surface area (Å²) in [6, 6.07) is 0. The zero-order valence-corrected chi connectivity index (χ0v) is 12.9. The van der Waals surface area contributed by atoms with Gasteiger partial charge in [0.25, 0.3) is 0 Å². The third-order valence-electron chi connectivity index (χ3n) is 2.70. The van der Waals surface area contributed by atoms with Crippen LogP contribution in [0.5, 0.6) is 0 Å².